The molecule has 2 heteroatoms. The largest absolute Gasteiger partial charge is 0.316 e. The molecule has 0 aliphatic heterocycles. The predicted octanol–water partition coefficient (Wildman–Crippen LogP) is 4.20. The normalized spacial score (nSPS) is 18.8. The lowest BCUT2D eigenvalue weighted by Gasteiger charge is -2.24. The topological polar surface area (TPSA) is 12.0 Å². The van der Waals surface area contributed by atoms with Crippen LogP contribution in [0.25, 0.3) is 0 Å². The summed E-state index contributed by atoms with van der Waals surface area (Å²) >= 11 is 6.30. The van der Waals surface area contributed by atoms with Crippen LogP contribution in [-0.2, 0) is 12.8 Å². The molecule has 0 saturated carbocycles. The first-order valence-electron chi connectivity index (χ1n) is 7.28. The summed E-state index contributed by atoms with van der Waals surface area (Å²) in [6, 6.07) is 17.4. The Bertz CT molecular complexity index is 593. The van der Waals surface area contributed by atoms with Crippen LogP contribution in [0.5, 0.6) is 0 Å². The summed E-state index contributed by atoms with van der Waals surface area (Å²) in [4.78, 5) is 0. The summed E-state index contributed by atoms with van der Waals surface area (Å²) in [5.41, 5.74) is 4.26. The molecule has 2 aromatic carbocycles. The van der Waals surface area contributed by atoms with Gasteiger partial charge >= 0.3 is 0 Å². The van der Waals surface area contributed by atoms with Gasteiger partial charge in [0.05, 0.1) is 0 Å². The van der Waals surface area contributed by atoms with Crippen molar-refractivity contribution in [3.63, 3.8) is 0 Å². The quantitative estimate of drug-likeness (QED) is 0.888. The summed E-state index contributed by atoms with van der Waals surface area (Å²) in [6.07, 6.45) is 3.41. The van der Waals surface area contributed by atoms with Crippen LogP contribution in [0, 0.1) is 0 Å². The van der Waals surface area contributed by atoms with Crippen molar-refractivity contribution in [2.75, 3.05) is 7.05 Å². The number of halogens is 1. The lowest BCUT2D eigenvalue weighted by Crippen LogP contribution is -2.33. The third-order valence-electron chi connectivity index (χ3n) is 4.43. The Hall–Kier alpha value is -1.31. The van der Waals surface area contributed by atoms with Gasteiger partial charge in [-0.05, 0) is 49.1 Å². The van der Waals surface area contributed by atoms with Gasteiger partial charge in [0.15, 0.2) is 0 Å². The molecule has 1 N–H and O–H groups in total. The van der Waals surface area contributed by atoms with Gasteiger partial charge in [0.25, 0.3) is 0 Å². The number of aryl methyl sites for hydroxylation is 1. The maximum atomic E-state index is 6.30. The minimum Gasteiger partial charge on any atom is -0.316 e. The zero-order chi connectivity index (χ0) is 13.9. The summed E-state index contributed by atoms with van der Waals surface area (Å²) < 4.78 is 0. The third-order valence-corrected chi connectivity index (χ3v) is 4.80. The second kappa shape index (κ2) is 5.99. The maximum Gasteiger partial charge on any atom is 0.0438 e. The monoisotopic (exact) mass is 285 g/mol. The highest BCUT2D eigenvalue weighted by Crippen LogP contribution is 2.36. The third kappa shape index (κ3) is 2.61. The molecule has 1 aliphatic carbocycles. The molecule has 0 spiro atoms. The number of hydrogen-bond acceptors (Lipinski definition) is 1. The molecule has 2 aromatic rings. The maximum absolute atomic E-state index is 6.30. The molecular formula is C18H20ClN. The Labute approximate surface area is 126 Å². The highest BCUT2D eigenvalue weighted by Gasteiger charge is 2.28. The molecule has 0 radical (unpaired) electrons. The van der Waals surface area contributed by atoms with Crippen molar-refractivity contribution in [3.05, 3.63) is 70.2 Å². The van der Waals surface area contributed by atoms with Crippen LogP contribution in [0.3, 0.4) is 0 Å². The standard InChI is InChI=1S/C18H20ClN/c1-20-18(12-14-7-3-5-9-17(14)19)16-11-10-13-6-2-4-8-15(13)16/h2-9,16,18,20H,10-12H2,1H3. The van der Waals surface area contributed by atoms with E-state index in [1.807, 2.05) is 12.1 Å². The van der Waals surface area contributed by atoms with Crippen LogP contribution in [0.15, 0.2) is 48.5 Å². The van der Waals surface area contributed by atoms with Crippen LogP contribution in [0.4, 0.5) is 0 Å². The van der Waals surface area contributed by atoms with Gasteiger partial charge in [0.2, 0.25) is 0 Å². The molecule has 3 rings (SSSR count). The minimum absolute atomic E-state index is 0.443. The van der Waals surface area contributed by atoms with E-state index in [0.29, 0.717) is 12.0 Å². The molecule has 2 atom stereocenters. The first-order valence-corrected chi connectivity index (χ1v) is 7.66. The molecule has 2 unspecified atom stereocenters. The fourth-order valence-corrected chi connectivity index (χ4v) is 3.57. The predicted molar refractivity (Wildman–Crippen MR) is 85.5 cm³/mol. The Balaban J connectivity index is 1.83. The lowest BCUT2D eigenvalue weighted by molar-refractivity contribution is 0.456. The van der Waals surface area contributed by atoms with Gasteiger partial charge in [0.1, 0.15) is 0 Å². The van der Waals surface area contributed by atoms with Crippen molar-refractivity contribution in [1.82, 2.24) is 5.32 Å². The van der Waals surface area contributed by atoms with Crippen LogP contribution >= 0.6 is 11.6 Å². The van der Waals surface area contributed by atoms with E-state index in [2.05, 4.69) is 48.8 Å². The first-order chi connectivity index (χ1) is 9.79. The molecular weight excluding hydrogens is 266 g/mol. The second-order valence-electron chi connectivity index (χ2n) is 5.53. The number of rotatable bonds is 4. The summed E-state index contributed by atoms with van der Waals surface area (Å²) in [5.74, 6) is 0.590. The smallest absolute Gasteiger partial charge is 0.0438 e. The fraction of sp³-hybridized carbons (Fsp3) is 0.333. The number of nitrogens with one attached hydrogen (secondary N) is 1. The number of fused-ring (bicyclic) bond motifs is 1. The molecule has 1 aliphatic rings. The van der Waals surface area contributed by atoms with Crippen molar-refractivity contribution < 1.29 is 0 Å². The second-order valence-corrected chi connectivity index (χ2v) is 5.94. The summed E-state index contributed by atoms with van der Waals surface area (Å²) in [5, 5.41) is 4.38. The van der Waals surface area contributed by atoms with Crippen molar-refractivity contribution >= 4 is 11.6 Å². The highest BCUT2D eigenvalue weighted by molar-refractivity contribution is 6.31. The van der Waals surface area contributed by atoms with Gasteiger partial charge < -0.3 is 5.32 Å². The fourth-order valence-electron chi connectivity index (χ4n) is 3.35. The van der Waals surface area contributed by atoms with Crippen LogP contribution < -0.4 is 5.32 Å². The van der Waals surface area contributed by atoms with Crippen LogP contribution in [0.2, 0.25) is 5.02 Å². The molecule has 0 fully saturated rings. The van der Waals surface area contributed by atoms with Crippen molar-refractivity contribution in [2.45, 2.75) is 31.2 Å². The van der Waals surface area contributed by atoms with E-state index in [0.717, 1.165) is 11.4 Å². The Morgan fingerprint density at radius 2 is 1.90 bits per heavy atom. The van der Waals surface area contributed by atoms with Crippen LogP contribution in [-0.4, -0.2) is 13.1 Å². The highest BCUT2D eigenvalue weighted by atomic mass is 35.5. The number of hydrogen-bond donors (Lipinski definition) is 1. The number of benzene rings is 2. The zero-order valence-electron chi connectivity index (χ0n) is 11.8. The Morgan fingerprint density at radius 1 is 1.15 bits per heavy atom. The van der Waals surface area contributed by atoms with Gasteiger partial charge in [-0.25, -0.2) is 0 Å². The first kappa shape index (κ1) is 13.7. The van der Waals surface area contributed by atoms with E-state index in [9.17, 15) is 0 Å². The average Bonchev–Trinajstić information content (AvgIpc) is 2.90. The molecule has 0 bridgehead atoms. The minimum atomic E-state index is 0.443. The van der Waals surface area contributed by atoms with E-state index in [1.54, 1.807) is 0 Å². The van der Waals surface area contributed by atoms with E-state index in [1.165, 1.54) is 29.5 Å². The summed E-state index contributed by atoms with van der Waals surface area (Å²) in [6.45, 7) is 0. The lowest BCUT2D eigenvalue weighted by atomic mass is 9.89. The van der Waals surface area contributed by atoms with Gasteiger partial charge in [-0.2, -0.15) is 0 Å². The van der Waals surface area contributed by atoms with E-state index >= 15 is 0 Å². The van der Waals surface area contributed by atoms with E-state index < -0.39 is 0 Å². The van der Waals surface area contributed by atoms with Gasteiger partial charge in [0, 0.05) is 17.0 Å². The molecule has 0 aromatic heterocycles. The molecule has 1 nitrogen and oxygen atoms in total. The molecule has 0 saturated heterocycles. The van der Waals surface area contributed by atoms with E-state index in [-0.39, 0.29) is 0 Å². The Morgan fingerprint density at radius 3 is 2.70 bits per heavy atom. The van der Waals surface area contributed by atoms with Gasteiger partial charge in [-0.1, -0.05) is 54.1 Å². The Kier molecular flexibility index (Phi) is 4.09. The molecule has 0 amide bonds. The van der Waals surface area contributed by atoms with Crippen LogP contribution in [0.1, 0.15) is 29.0 Å². The average molecular weight is 286 g/mol. The molecule has 104 valence electrons. The van der Waals surface area contributed by atoms with Crippen molar-refractivity contribution in [2.24, 2.45) is 0 Å². The molecule has 20 heavy (non-hydrogen) atoms. The summed E-state index contributed by atoms with van der Waals surface area (Å²) in [7, 11) is 2.06. The molecule has 0 heterocycles. The zero-order valence-corrected chi connectivity index (χ0v) is 12.5. The van der Waals surface area contributed by atoms with Crippen molar-refractivity contribution in [1.29, 1.82) is 0 Å². The van der Waals surface area contributed by atoms with Gasteiger partial charge in [-0.3, -0.25) is 0 Å². The van der Waals surface area contributed by atoms with Gasteiger partial charge in [-0.15, -0.1) is 0 Å². The van der Waals surface area contributed by atoms with Crippen molar-refractivity contribution in [3.8, 4) is 0 Å². The number of likely N-dealkylation sites (N-methyl/N-ethyl adjacent to an activating group) is 1. The van der Waals surface area contributed by atoms with E-state index in [4.69, 9.17) is 11.6 Å². The SMILES string of the molecule is CNC(Cc1ccccc1Cl)C1CCc2ccccc21.